The molecule has 0 aromatic heterocycles. The molecule has 2 unspecified atom stereocenters. The molecule has 0 saturated heterocycles. The van der Waals surface area contributed by atoms with E-state index in [2.05, 4.69) is 31.3 Å². The highest BCUT2D eigenvalue weighted by molar-refractivity contribution is 5.89. The molecule has 2 aromatic carbocycles. The maximum absolute atomic E-state index is 13.2. The normalized spacial score (nSPS) is 15.3. The summed E-state index contributed by atoms with van der Waals surface area (Å²) < 4.78 is 12.4. The summed E-state index contributed by atoms with van der Waals surface area (Å²) in [5.74, 6) is -0.317. The molecule has 4 nitrogen and oxygen atoms in total. The minimum absolute atomic E-state index is 0.317. The number of hydrogen-bond acceptors (Lipinski definition) is 4. The van der Waals surface area contributed by atoms with Gasteiger partial charge in [0, 0.05) is 13.5 Å². The summed E-state index contributed by atoms with van der Waals surface area (Å²) in [6.07, 6.45) is 5.10. The van der Waals surface area contributed by atoms with Crippen LogP contribution in [0.4, 0.5) is 0 Å². The molecule has 0 fully saturated rings. The fourth-order valence-electron chi connectivity index (χ4n) is 4.16. The number of hydrogen-bond donors (Lipinski definition) is 1. The first-order chi connectivity index (χ1) is 14.1. The van der Waals surface area contributed by atoms with E-state index in [4.69, 9.17) is 9.47 Å². The van der Waals surface area contributed by atoms with E-state index in [-0.39, 0.29) is 5.97 Å². The Kier molecular flexibility index (Phi) is 8.87. The number of methoxy groups -OCH3 is 1. The van der Waals surface area contributed by atoms with Crippen molar-refractivity contribution in [1.29, 1.82) is 0 Å². The highest BCUT2D eigenvalue weighted by Gasteiger charge is 2.53. The summed E-state index contributed by atoms with van der Waals surface area (Å²) in [4.78, 5) is 13.2. The highest BCUT2D eigenvalue weighted by atomic mass is 16.6. The Morgan fingerprint density at radius 3 is 2.10 bits per heavy atom. The van der Waals surface area contributed by atoms with Crippen LogP contribution < -0.4 is 5.32 Å². The Balaban J connectivity index is 2.51. The molecule has 0 saturated carbocycles. The standard InChI is InChI=1S/C25H35NO3/c1-5-7-14-19-24(25(6-2,26-3)28-4,20-21-15-10-8-11-16-21)29-23(27)22-17-12-9-13-18-22/h8-13,15-18,26H,5-7,14,19-20H2,1-4H3. The number of carbonyl (C=O) groups is 1. The van der Waals surface area contributed by atoms with Crippen molar-refractivity contribution in [3.05, 3.63) is 71.8 Å². The van der Waals surface area contributed by atoms with Crippen molar-refractivity contribution in [2.45, 2.75) is 63.7 Å². The average Bonchev–Trinajstić information content (AvgIpc) is 2.77. The predicted octanol–water partition coefficient (Wildman–Crippen LogP) is 5.38. The lowest BCUT2D eigenvalue weighted by Crippen LogP contribution is -2.65. The zero-order valence-electron chi connectivity index (χ0n) is 18.2. The molecule has 0 heterocycles. The molecule has 2 aromatic rings. The smallest absolute Gasteiger partial charge is 0.338 e. The zero-order valence-corrected chi connectivity index (χ0v) is 18.2. The predicted molar refractivity (Wildman–Crippen MR) is 118 cm³/mol. The molecule has 0 aliphatic heterocycles. The van der Waals surface area contributed by atoms with Gasteiger partial charge in [-0.2, -0.15) is 0 Å². The van der Waals surface area contributed by atoms with Crippen molar-refractivity contribution in [2.75, 3.05) is 14.2 Å². The molecule has 0 radical (unpaired) electrons. The maximum Gasteiger partial charge on any atom is 0.338 e. The summed E-state index contributed by atoms with van der Waals surface area (Å²) in [6, 6.07) is 19.4. The second kappa shape index (κ2) is 11.1. The average molecular weight is 398 g/mol. The fraction of sp³-hybridized carbons (Fsp3) is 0.480. The molecule has 0 amide bonds. The minimum Gasteiger partial charge on any atom is -0.451 e. The van der Waals surface area contributed by atoms with Crippen LogP contribution in [0.15, 0.2) is 60.7 Å². The van der Waals surface area contributed by atoms with Gasteiger partial charge in [0.05, 0.1) is 5.56 Å². The number of benzene rings is 2. The highest BCUT2D eigenvalue weighted by Crippen LogP contribution is 2.39. The Morgan fingerprint density at radius 2 is 1.59 bits per heavy atom. The number of nitrogens with one attached hydrogen (secondary N) is 1. The quantitative estimate of drug-likeness (QED) is 0.297. The van der Waals surface area contributed by atoms with E-state index >= 15 is 0 Å². The van der Waals surface area contributed by atoms with Gasteiger partial charge >= 0.3 is 5.97 Å². The minimum atomic E-state index is -0.839. The first kappa shape index (κ1) is 23.1. The third kappa shape index (κ3) is 5.46. The Morgan fingerprint density at radius 1 is 0.966 bits per heavy atom. The second-order valence-corrected chi connectivity index (χ2v) is 7.50. The van der Waals surface area contributed by atoms with Crippen molar-refractivity contribution in [1.82, 2.24) is 5.32 Å². The van der Waals surface area contributed by atoms with Gasteiger partial charge in [-0.15, -0.1) is 0 Å². The van der Waals surface area contributed by atoms with Crippen LogP contribution in [-0.2, 0) is 15.9 Å². The molecule has 0 spiro atoms. The largest absolute Gasteiger partial charge is 0.451 e. The number of esters is 1. The van der Waals surface area contributed by atoms with Gasteiger partial charge in [0.15, 0.2) is 11.3 Å². The van der Waals surface area contributed by atoms with E-state index in [1.54, 1.807) is 19.2 Å². The maximum atomic E-state index is 13.2. The third-order valence-corrected chi connectivity index (χ3v) is 5.80. The third-order valence-electron chi connectivity index (χ3n) is 5.80. The van der Waals surface area contributed by atoms with Crippen LogP contribution in [0.3, 0.4) is 0 Å². The molecule has 158 valence electrons. The summed E-state index contributed by atoms with van der Waals surface area (Å²) in [7, 11) is 3.57. The second-order valence-electron chi connectivity index (χ2n) is 7.50. The lowest BCUT2D eigenvalue weighted by atomic mass is 9.78. The summed E-state index contributed by atoms with van der Waals surface area (Å²) in [6.45, 7) is 4.24. The van der Waals surface area contributed by atoms with Crippen LogP contribution in [0.2, 0.25) is 0 Å². The molecular weight excluding hydrogens is 362 g/mol. The van der Waals surface area contributed by atoms with E-state index in [1.165, 1.54) is 0 Å². The molecule has 4 heteroatoms. The van der Waals surface area contributed by atoms with Crippen molar-refractivity contribution < 1.29 is 14.3 Å². The Bertz CT molecular complexity index is 720. The molecule has 1 N–H and O–H groups in total. The first-order valence-corrected chi connectivity index (χ1v) is 10.6. The van der Waals surface area contributed by atoms with Crippen LogP contribution in [0, 0.1) is 0 Å². The van der Waals surface area contributed by atoms with Crippen LogP contribution in [0.1, 0.15) is 61.9 Å². The number of ether oxygens (including phenoxy) is 2. The van der Waals surface area contributed by atoms with Crippen molar-refractivity contribution in [2.24, 2.45) is 0 Å². The summed E-state index contributed by atoms with van der Waals surface area (Å²) >= 11 is 0. The van der Waals surface area contributed by atoms with E-state index in [1.807, 2.05) is 43.4 Å². The lowest BCUT2D eigenvalue weighted by Gasteiger charge is -2.48. The zero-order chi connectivity index (χ0) is 21.2. The van der Waals surface area contributed by atoms with Crippen molar-refractivity contribution >= 4 is 5.97 Å². The van der Waals surface area contributed by atoms with E-state index < -0.39 is 11.3 Å². The van der Waals surface area contributed by atoms with Gasteiger partial charge in [0.25, 0.3) is 0 Å². The van der Waals surface area contributed by atoms with E-state index in [9.17, 15) is 4.79 Å². The molecule has 0 aliphatic carbocycles. The molecular formula is C25H35NO3. The number of likely N-dealkylation sites (N-methyl/N-ethyl adjacent to an activating group) is 1. The molecule has 2 atom stereocenters. The van der Waals surface area contributed by atoms with Crippen LogP contribution in [0.25, 0.3) is 0 Å². The van der Waals surface area contributed by atoms with Crippen molar-refractivity contribution in [3.63, 3.8) is 0 Å². The number of carbonyl (C=O) groups excluding carboxylic acids is 1. The first-order valence-electron chi connectivity index (χ1n) is 10.6. The fourth-order valence-corrected chi connectivity index (χ4v) is 4.16. The molecule has 0 aliphatic rings. The van der Waals surface area contributed by atoms with Gasteiger partial charge in [-0.25, -0.2) is 4.79 Å². The summed E-state index contributed by atoms with van der Waals surface area (Å²) in [5.41, 5.74) is 0.0445. The Labute approximate surface area is 175 Å². The van der Waals surface area contributed by atoms with E-state index in [0.29, 0.717) is 18.4 Å². The topological polar surface area (TPSA) is 47.6 Å². The van der Waals surface area contributed by atoms with Crippen LogP contribution in [0.5, 0.6) is 0 Å². The molecule has 29 heavy (non-hydrogen) atoms. The Hall–Kier alpha value is -2.17. The number of rotatable bonds is 12. The lowest BCUT2D eigenvalue weighted by molar-refractivity contribution is -0.192. The van der Waals surface area contributed by atoms with Gasteiger partial charge in [0.1, 0.15) is 0 Å². The molecule has 2 rings (SSSR count). The van der Waals surface area contributed by atoms with E-state index in [0.717, 1.165) is 31.2 Å². The molecule has 0 bridgehead atoms. The van der Waals surface area contributed by atoms with Gasteiger partial charge in [-0.1, -0.05) is 75.2 Å². The monoisotopic (exact) mass is 397 g/mol. The van der Waals surface area contributed by atoms with Crippen LogP contribution in [-0.4, -0.2) is 31.5 Å². The number of unbranched alkanes of at least 4 members (excludes halogenated alkanes) is 2. The summed E-state index contributed by atoms with van der Waals surface area (Å²) in [5, 5.41) is 3.36. The van der Waals surface area contributed by atoms with Crippen LogP contribution >= 0.6 is 0 Å². The van der Waals surface area contributed by atoms with Crippen molar-refractivity contribution in [3.8, 4) is 0 Å². The van der Waals surface area contributed by atoms with Gasteiger partial charge in [-0.3, -0.25) is 5.32 Å². The SMILES string of the molecule is CCCCCC(Cc1ccccc1)(OC(=O)c1ccccc1)C(CC)(NC)OC. The van der Waals surface area contributed by atoms with Gasteiger partial charge in [-0.05, 0) is 44.0 Å². The van der Waals surface area contributed by atoms with Gasteiger partial charge < -0.3 is 9.47 Å². The van der Waals surface area contributed by atoms with Gasteiger partial charge in [0.2, 0.25) is 0 Å².